The molecule has 7 heteroatoms. The molecule has 1 aromatic carbocycles. The Morgan fingerprint density at radius 1 is 1.50 bits per heavy atom. The Kier molecular flexibility index (Phi) is 4.90. The Balaban J connectivity index is 0. The minimum absolute atomic E-state index is 0. The van der Waals surface area contributed by atoms with E-state index in [4.69, 9.17) is 21.9 Å². The zero-order valence-electron chi connectivity index (χ0n) is 8.78. The van der Waals surface area contributed by atoms with Crippen LogP contribution in [0.25, 0.3) is 0 Å². The van der Waals surface area contributed by atoms with Gasteiger partial charge in [0.05, 0.1) is 5.69 Å². The molecule has 4 nitrogen and oxygen atoms in total. The van der Waals surface area contributed by atoms with Crippen molar-refractivity contribution in [1.29, 1.82) is 0 Å². The van der Waals surface area contributed by atoms with Crippen molar-refractivity contribution in [2.75, 3.05) is 5.73 Å². The average molecular weight is 246 g/mol. The summed E-state index contributed by atoms with van der Waals surface area (Å²) >= 11 is 5.68. The van der Waals surface area contributed by atoms with Crippen molar-refractivity contribution in [2.24, 2.45) is 0 Å². The molecule has 0 heterocycles. The predicted octanol–water partition coefficient (Wildman–Crippen LogP) is -1.41. The second-order valence-electron chi connectivity index (χ2n) is 2.61. The molecular formula is C7H9ClNNaO3S. The molecule has 0 spiro atoms. The van der Waals surface area contributed by atoms with Gasteiger partial charge in [-0.15, -0.1) is 0 Å². The number of hydrogen-bond acceptors (Lipinski definition) is 3. The molecule has 0 aliphatic rings. The normalized spacial score (nSPS) is 10.8. The number of nitrogens with two attached hydrogens (primary N) is 1. The summed E-state index contributed by atoms with van der Waals surface area (Å²) in [6, 6.07) is 2.52. The topological polar surface area (TPSA) is 80.4 Å². The molecule has 0 fully saturated rings. The number of nitrogen functional groups attached to an aromatic ring is 1. The third-order valence-corrected chi connectivity index (χ3v) is 2.89. The van der Waals surface area contributed by atoms with Crippen LogP contribution in [0, 0.1) is 6.92 Å². The van der Waals surface area contributed by atoms with Gasteiger partial charge in [0.1, 0.15) is 4.90 Å². The first-order chi connectivity index (χ1) is 5.82. The van der Waals surface area contributed by atoms with Crippen LogP contribution < -0.4 is 35.3 Å². The molecule has 0 unspecified atom stereocenters. The maximum Gasteiger partial charge on any atom is 1.00 e. The Hall–Kier alpha value is 0.220. The van der Waals surface area contributed by atoms with Gasteiger partial charge < -0.3 is 7.16 Å². The van der Waals surface area contributed by atoms with Crippen LogP contribution in [0.1, 0.15) is 6.99 Å². The molecule has 0 saturated carbocycles. The predicted molar refractivity (Wildman–Crippen MR) is 51.5 cm³/mol. The number of aryl methyl sites for hydroxylation is 1. The fourth-order valence-corrected chi connectivity index (χ4v) is 1.75. The average Bonchev–Trinajstić information content (AvgIpc) is 1.94. The van der Waals surface area contributed by atoms with E-state index in [-0.39, 0.29) is 41.6 Å². The number of hydrogen-bond donors (Lipinski definition) is 2. The molecule has 0 aliphatic carbocycles. The van der Waals surface area contributed by atoms with Gasteiger partial charge in [-0.3, -0.25) is 4.55 Å². The minimum atomic E-state index is -4.26. The molecule has 3 N–H and O–H groups in total. The van der Waals surface area contributed by atoms with Gasteiger partial charge in [-0.2, -0.15) is 8.42 Å². The summed E-state index contributed by atoms with van der Waals surface area (Å²) < 4.78 is 30.2. The quantitative estimate of drug-likeness (QED) is 0.362. The van der Waals surface area contributed by atoms with Crippen LogP contribution in [0.4, 0.5) is 5.69 Å². The van der Waals surface area contributed by atoms with E-state index in [2.05, 4.69) is 0 Å². The zero-order valence-corrected chi connectivity index (χ0v) is 11.4. The minimum Gasteiger partial charge on any atom is -1.00 e. The molecule has 0 atom stereocenters. The SMILES string of the molecule is Cc1cc(S(=O)(=O)O)c(N)cc1Cl.[H-].[Na+]. The van der Waals surface area contributed by atoms with Crippen LogP contribution in [-0.4, -0.2) is 13.0 Å². The van der Waals surface area contributed by atoms with Gasteiger partial charge in [0.2, 0.25) is 0 Å². The van der Waals surface area contributed by atoms with E-state index in [1.807, 2.05) is 0 Å². The van der Waals surface area contributed by atoms with Gasteiger partial charge in [-0.25, -0.2) is 0 Å². The summed E-state index contributed by atoms with van der Waals surface area (Å²) in [6.07, 6.45) is 0. The van der Waals surface area contributed by atoms with Gasteiger partial charge in [0, 0.05) is 5.02 Å². The van der Waals surface area contributed by atoms with Crippen LogP contribution in [0.3, 0.4) is 0 Å². The largest absolute Gasteiger partial charge is 1.00 e. The Morgan fingerprint density at radius 2 is 2.00 bits per heavy atom. The number of benzene rings is 1. The Bertz CT molecular complexity index is 452. The van der Waals surface area contributed by atoms with Gasteiger partial charge in [0.15, 0.2) is 0 Å². The molecule has 1 aromatic rings. The fourth-order valence-electron chi connectivity index (χ4n) is 0.894. The summed E-state index contributed by atoms with van der Waals surface area (Å²) in [4.78, 5) is -0.311. The second-order valence-corrected chi connectivity index (χ2v) is 4.41. The van der Waals surface area contributed by atoms with E-state index in [1.165, 1.54) is 12.1 Å². The van der Waals surface area contributed by atoms with E-state index in [1.54, 1.807) is 6.92 Å². The molecule has 0 saturated heterocycles. The maximum atomic E-state index is 10.7. The molecule has 0 bridgehead atoms. The van der Waals surface area contributed by atoms with Crippen LogP contribution >= 0.6 is 11.6 Å². The summed E-state index contributed by atoms with van der Waals surface area (Å²) in [5, 5.41) is 0.366. The molecule has 0 aliphatic heterocycles. The van der Waals surface area contributed by atoms with E-state index in [9.17, 15) is 8.42 Å². The molecule has 0 radical (unpaired) electrons. The Morgan fingerprint density at radius 3 is 2.43 bits per heavy atom. The molecule has 0 amide bonds. The number of rotatable bonds is 1. The van der Waals surface area contributed by atoms with Crippen molar-refractivity contribution >= 4 is 27.4 Å². The fraction of sp³-hybridized carbons (Fsp3) is 0.143. The van der Waals surface area contributed by atoms with Crippen molar-refractivity contribution in [3.63, 3.8) is 0 Å². The van der Waals surface area contributed by atoms with Crippen molar-refractivity contribution in [2.45, 2.75) is 11.8 Å². The third-order valence-electron chi connectivity index (χ3n) is 1.57. The molecule has 14 heavy (non-hydrogen) atoms. The zero-order chi connectivity index (χ0) is 10.2. The van der Waals surface area contributed by atoms with Gasteiger partial charge in [-0.05, 0) is 24.6 Å². The monoisotopic (exact) mass is 245 g/mol. The van der Waals surface area contributed by atoms with E-state index in [0.717, 1.165) is 0 Å². The van der Waals surface area contributed by atoms with Gasteiger partial charge >= 0.3 is 29.6 Å². The first-order valence-corrected chi connectivity index (χ1v) is 5.17. The van der Waals surface area contributed by atoms with E-state index < -0.39 is 10.1 Å². The van der Waals surface area contributed by atoms with E-state index in [0.29, 0.717) is 10.6 Å². The van der Waals surface area contributed by atoms with Crippen molar-refractivity contribution < 1.29 is 44.0 Å². The van der Waals surface area contributed by atoms with Crippen molar-refractivity contribution in [1.82, 2.24) is 0 Å². The second kappa shape index (κ2) is 4.83. The van der Waals surface area contributed by atoms with Crippen LogP contribution in [0.5, 0.6) is 0 Å². The summed E-state index contributed by atoms with van der Waals surface area (Å²) in [5.74, 6) is 0. The maximum absolute atomic E-state index is 10.7. The molecular weight excluding hydrogens is 237 g/mol. The van der Waals surface area contributed by atoms with Crippen molar-refractivity contribution in [3.05, 3.63) is 22.7 Å². The molecule has 1 rings (SSSR count). The third kappa shape index (κ3) is 3.12. The number of anilines is 1. The first kappa shape index (κ1) is 14.2. The van der Waals surface area contributed by atoms with Crippen molar-refractivity contribution in [3.8, 4) is 0 Å². The van der Waals surface area contributed by atoms with Gasteiger partial charge in [-0.1, -0.05) is 11.6 Å². The van der Waals surface area contributed by atoms with Gasteiger partial charge in [0.25, 0.3) is 10.1 Å². The van der Waals surface area contributed by atoms with Crippen LogP contribution in [0.2, 0.25) is 5.02 Å². The Labute approximate surface area is 111 Å². The van der Waals surface area contributed by atoms with Crippen LogP contribution in [0.15, 0.2) is 17.0 Å². The summed E-state index contributed by atoms with van der Waals surface area (Å²) in [5.41, 5.74) is 5.84. The summed E-state index contributed by atoms with van der Waals surface area (Å²) in [7, 11) is -4.26. The molecule has 74 valence electrons. The molecule has 0 aromatic heterocycles. The summed E-state index contributed by atoms with van der Waals surface area (Å²) in [6.45, 7) is 1.62. The first-order valence-electron chi connectivity index (χ1n) is 3.35. The standard InChI is InChI=1S/C7H8ClNO3S.Na.H/c1-4-2-7(13(10,11)12)6(9)3-5(4)8;;/h2-3H,9H2,1H3,(H,10,11,12);;/q;+1;-1. The van der Waals surface area contributed by atoms with Crippen LogP contribution in [-0.2, 0) is 10.1 Å². The smallest absolute Gasteiger partial charge is 1.00 e. The van der Waals surface area contributed by atoms with E-state index >= 15 is 0 Å². The number of halogens is 1.